The van der Waals surface area contributed by atoms with E-state index in [0.29, 0.717) is 10.7 Å². The molecule has 1 rings (SSSR count). The summed E-state index contributed by atoms with van der Waals surface area (Å²) in [5.74, 6) is 0. The van der Waals surface area contributed by atoms with Crippen molar-refractivity contribution in [2.45, 2.75) is 12.5 Å². The van der Waals surface area contributed by atoms with Crippen molar-refractivity contribution in [2.75, 3.05) is 5.73 Å². The van der Waals surface area contributed by atoms with Gasteiger partial charge in [0.25, 0.3) is 0 Å². The van der Waals surface area contributed by atoms with Crippen LogP contribution in [-0.4, -0.2) is 0 Å². The van der Waals surface area contributed by atoms with Crippen LogP contribution < -0.4 is 11.5 Å². The zero-order valence-electron chi connectivity index (χ0n) is 7.00. The van der Waals surface area contributed by atoms with E-state index in [4.69, 9.17) is 28.3 Å². The number of nitrogen functional groups attached to an aromatic ring is 1. The average molecular weight is 196 g/mol. The van der Waals surface area contributed by atoms with Crippen molar-refractivity contribution in [3.63, 3.8) is 0 Å². The number of nitriles is 1. The molecule has 0 bridgehead atoms. The van der Waals surface area contributed by atoms with Crippen LogP contribution in [0.2, 0.25) is 5.02 Å². The lowest BCUT2D eigenvalue weighted by atomic mass is 10.1. The van der Waals surface area contributed by atoms with Crippen LogP contribution in [0.3, 0.4) is 0 Å². The Morgan fingerprint density at radius 3 is 2.77 bits per heavy atom. The summed E-state index contributed by atoms with van der Waals surface area (Å²) < 4.78 is 0. The standard InChI is InChI=1S/C9H10ClN3/c10-7-5-6(1-2-9(7)13)8(12)3-4-11/h1-2,5,8H,3,12-13H2/t8-/m1/s1. The number of anilines is 1. The fourth-order valence-corrected chi connectivity index (χ4v) is 1.18. The molecule has 0 heterocycles. The first kappa shape index (κ1) is 9.85. The molecule has 0 unspecified atom stereocenters. The average Bonchev–Trinajstić information content (AvgIpc) is 2.10. The Labute approximate surface area is 81.9 Å². The molecule has 0 amide bonds. The van der Waals surface area contributed by atoms with Crippen LogP contribution in [0.25, 0.3) is 0 Å². The largest absolute Gasteiger partial charge is 0.398 e. The first-order valence-electron chi connectivity index (χ1n) is 3.82. The van der Waals surface area contributed by atoms with Gasteiger partial charge in [-0.15, -0.1) is 0 Å². The maximum atomic E-state index is 8.43. The van der Waals surface area contributed by atoms with E-state index in [-0.39, 0.29) is 12.5 Å². The van der Waals surface area contributed by atoms with E-state index >= 15 is 0 Å². The van der Waals surface area contributed by atoms with Crippen LogP contribution >= 0.6 is 11.6 Å². The molecule has 1 aromatic rings. The van der Waals surface area contributed by atoms with E-state index < -0.39 is 0 Å². The maximum absolute atomic E-state index is 8.43. The first-order valence-corrected chi connectivity index (χ1v) is 4.20. The maximum Gasteiger partial charge on any atom is 0.0641 e. The minimum Gasteiger partial charge on any atom is -0.398 e. The molecule has 0 aliphatic carbocycles. The minimum absolute atomic E-state index is 0.278. The van der Waals surface area contributed by atoms with Crippen molar-refractivity contribution >= 4 is 17.3 Å². The van der Waals surface area contributed by atoms with Crippen molar-refractivity contribution in [1.82, 2.24) is 0 Å². The second-order valence-electron chi connectivity index (χ2n) is 2.75. The molecule has 0 aromatic heterocycles. The highest BCUT2D eigenvalue weighted by Gasteiger charge is 2.06. The van der Waals surface area contributed by atoms with E-state index in [2.05, 4.69) is 0 Å². The van der Waals surface area contributed by atoms with E-state index in [1.165, 1.54) is 0 Å². The van der Waals surface area contributed by atoms with E-state index in [0.717, 1.165) is 5.56 Å². The number of halogens is 1. The Morgan fingerprint density at radius 1 is 1.54 bits per heavy atom. The molecule has 1 atom stereocenters. The minimum atomic E-state index is -0.289. The summed E-state index contributed by atoms with van der Waals surface area (Å²) in [5, 5.41) is 8.91. The van der Waals surface area contributed by atoms with Gasteiger partial charge in [0.15, 0.2) is 0 Å². The fraction of sp³-hybridized carbons (Fsp3) is 0.222. The van der Waals surface area contributed by atoms with E-state index in [1.54, 1.807) is 18.2 Å². The Hall–Kier alpha value is -1.24. The highest BCUT2D eigenvalue weighted by Crippen LogP contribution is 2.23. The molecule has 0 fully saturated rings. The van der Waals surface area contributed by atoms with Gasteiger partial charge in [0.05, 0.1) is 23.2 Å². The summed E-state index contributed by atoms with van der Waals surface area (Å²) in [6.07, 6.45) is 0.278. The molecule has 0 spiro atoms. The van der Waals surface area contributed by atoms with Crippen molar-refractivity contribution in [3.8, 4) is 6.07 Å². The third kappa shape index (κ3) is 2.35. The smallest absolute Gasteiger partial charge is 0.0641 e. The highest BCUT2D eigenvalue weighted by atomic mass is 35.5. The molecule has 3 nitrogen and oxygen atoms in total. The van der Waals surface area contributed by atoms with E-state index in [1.807, 2.05) is 6.07 Å². The zero-order chi connectivity index (χ0) is 9.84. The Bertz CT molecular complexity index is 343. The number of benzene rings is 1. The van der Waals surface area contributed by atoms with Gasteiger partial charge in [-0.3, -0.25) is 0 Å². The van der Waals surface area contributed by atoms with Crippen molar-refractivity contribution in [2.24, 2.45) is 5.73 Å². The third-order valence-electron chi connectivity index (χ3n) is 1.76. The lowest BCUT2D eigenvalue weighted by molar-refractivity contribution is 0.749. The molecular formula is C9H10ClN3. The SMILES string of the molecule is N#CC[C@@H](N)c1ccc(N)c(Cl)c1. The van der Waals surface area contributed by atoms with E-state index in [9.17, 15) is 0 Å². The predicted octanol–water partition coefficient (Wildman–Crippen LogP) is 1.84. The molecule has 0 aliphatic rings. The van der Waals surface area contributed by atoms with Crippen LogP contribution in [0.5, 0.6) is 0 Å². The first-order chi connectivity index (χ1) is 6.15. The van der Waals surface area contributed by atoms with Gasteiger partial charge in [0, 0.05) is 6.04 Å². The van der Waals surface area contributed by atoms with Crippen LogP contribution in [0.1, 0.15) is 18.0 Å². The van der Waals surface area contributed by atoms with Crippen LogP contribution in [0.15, 0.2) is 18.2 Å². The number of nitrogens with zero attached hydrogens (tertiary/aromatic N) is 1. The normalized spacial score (nSPS) is 12.1. The molecule has 4 heteroatoms. The van der Waals surface area contributed by atoms with Gasteiger partial charge in [-0.1, -0.05) is 17.7 Å². The number of nitrogens with two attached hydrogens (primary N) is 2. The van der Waals surface area contributed by atoms with Crippen LogP contribution in [0.4, 0.5) is 5.69 Å². The topological polar surface area (TPSA) is 75.8 Å². The summed E-state index contributed by atoms with van der Waals surface area (Å²) in [5.41, 5.74) is 12.6. The number of hydrogen-bond acceptors (Lipinski definition) is 3. The molecule has 0 aliphatic heterocycles. The van der Waals surface area contributed by atoms with Gasteiger partial charge in [-0.2, -0.15) is 5.26 Å². The molecule has 0 saturated heterocycles. The molecule has 4 N–H and O–H groups in total. The van der Waals surface area contributed by atoms with Crippen molar-refractivity contribution < 1.29 is 0 Å². The molecule has 0 radical (unpaired) electrons. The van der Waals surface area contributed by atoms with Gasteiger partial charge in [-0.05, 0) is 17.7 Å². The lowest BCUT2D eigenvalue weighted by Gasteiger charge is -2.08. The van der Waals surface area contributed by atoms with Gasteiger partial charge in [0.1, 0.15) is 0 Å². The molecular weight excluding hydrogens is 186 g/mol. The second kappa shape index (κ2) is 4.13. The number of hydrogen-bond donors (Lipinski definition) is 2. The molecule has 13 heavy (non-hydrogen) atoms. The van der Waals surface area contributed by atoms with Gasteiger partial charge >= 0.3 is 0 Å². The highest BCUT2D eigenvalue weighted by molar-refractivity contribution is 6.33. The third-order valence-corrected chi connectivity index (χ3v) is 2.09. The van der Waals surface area contributed by atoms with Gasteiger partial charge < -0.3 is 11.5 Å². The molecule has 1 aromatic carbocycles. The fourth-order valence-electron chi connectivity index (χ4n) is 0.990. The van der Waals surface area contributed by atoms with Gasteiger partial charge in [-0.25, -0.2) is 0 Å². The summed E-state index contributed by atoms with van der Waals surface area (Å²) >= 11 is 5.79. The Morgan fingerprint density at radius 2 is 2.23 bits per heavy atom. The zero-order valence-corrected chi connectivity index (χ0v) is 7.75. The summed E-state index contributed by atoms with van der Waals surface area (Å²) in [4.78, 5) is 0. The quantitative estimate of drug-likeness (QED) is 0.707. The van der Waals surface area contributed by atoms with Crippen LogP contribution in [-0.2, 0) is 0 Å². The summed E-state index contributed by atoms with van der Waals surface area (Å²) in [6, 6.07) is 6.88. The van der Waals surface area contributed by atoms with Crippen molar-refractivity contribution in [3.05, 3.63) is 28.8 Å². The van der Waals surface area contributed by atoms with Crippen LogP contribution in [0, 0.1) is 11.3 Å². The van der Waals surface area contributed by atoms with Crippen molar-refractivity contribution in [1.29, 1.82) is 5.26 Å². The second-order valence-corrected chi connectivity index (χ2v) is 3.16. The summed E-state index contributed by atoms with van der Waals surface area (Å²) in [7, 11) is 0. The van der Waals surface area contributed by atoms with Gasteiger partial charge in [0.2, 0.25) is 0 Å². The Kier molecular flexibility index (Phi) is 3.13. The monoisotopic (exact) mass is 195 g/mol. The predicted molar refractivity (Wildman–Crippen MR) is 53.0 cm³/mol. The molecule has 68 valence electrons. The lowest BCUT2D eigenvalue weighted by Crippen LogP contribution is -2.09. The number of rotatable bonds is 2. The summed E-state index contributed by atoms with van der Waals surface area (Å²) in [6.45, 7) is 0. The Balaban J connectivity index is 2.91. The molecule has 0 saturated carbocycles.